The molecule has 7 nitrogen and oxygen atoms in total. The summed E-state index contributed by atoms with van der Waals surface area (Å²) in [5.41, 5.74) is 0.996. The molecule has 3 rings (SSSR count). The number of benzene rings is 1. The van der Waals surface area contributed by atoms with E-state index >= 15 is 0 Å². The maximum Gasteiger partial charge on any atom is 0.410 e. The van der Waals surface area contributed by atoms with Crippen molar-refractivity contribution in [2.45, 2.75) is 39.3 Å². The van der Waals surface area contributed by atoms with Crippen LogP contribution in [0.25, 0.3) is 0 Å². The zero-order valence-corrected chi connectivity index (χ0v) is 17.8. The maximum absolute atomic E-state index is 14.1. The van der Waals surface area contributed by atoms with E-state index in [1.54, 1.807) is 28.6 Å². The number of fused-ring (bicyclic) bond motifs is 1. The summed E-state index contributed by atoms with van der Waals surface area (Å²) >= 11 is 3.10. The van der Waals surface area contributed by atoms with Crippen LogP contribution in [0.4, 0.5) is 14.9 Å². The van der Waals surface area contributed by atoms with E-state index in [4.69, 9.17) is 4.74 Å². The molecule has 0 spiro atoms. The van der Waals surface area contributed by atoms with Gasteiger partial charge in [0.15, 0.2) is 11.6 Å². The highest BCUT2D eigenvalue weighted by molar-refractivity contribution is 9.10. The van der Waals surface area contributed by atoms with Crippen LogP contribution >= 0.6 is 15.9 Å². The molecule has 0 atom stereocenters. The largest absolute Gasteiger partial charge is 0.444 e. The summed E-state index contributed by atoms with van der Waals surface area (Å²) in [4.78, 5) is 30.9. The Kier molecular flexibility index (Phi) is 5.47. The van der Waals surface area contributed by atoms with Gasteiger partial charge in [0.1, 0.15) is 5.60 Å². The molecule has 0 bridgehead atoms. The first-order valence-electron chi connectivity index (χ1n) is 8.84. The van der Waals surface area contributed by atoms with Gasteiger partial charge in [0.2, 0.25) is 0 Å². The van der Waals surface area contributed by atoms with Gasteiger partial charge in [-0.05, 0) is 48.8 Å². The molecule has 1 aromatic heterocycles. The van der Waals surface area contributed by atoms with Gasteiger partial charge in [0, 0.05) is 25.7 Å². The highest BCUT2D eigenvalue weighted by Crippen LogP contribution is 2.25. The van der Waals surface area contributed by atoms with Crippen LogP contribution < -0.4 is 5.32 Å². The average Bonchev–Trinajstić information content (AvgIpc) is 2.94. The van der Waals surface area contributed by atoms with Crippen LogP contribution in [0, 0.1) is 5.82 Å². The Bertz CT molecular complexity index is 936. The molecular formula is C19H22BrFN4O3. The van der Waals surface area contributed by atoms with E-state index in [2.05, 4.69) is 26.2 Å². The first-order chi connectivity index (χ1) is 13.1. The van der Waals surface area contributed by atoms with Crippen LogP contribution in [-0.2, 0) is 24.8 Å². The number of carbonyl (C=O) groups excluding carboxylic acids is 2. The number of aromatic nitrogens is 2. The summed E-state index contributed by atoms with van der Waals surface area (Å²) in [5, 5.41) is 2.55. The van der Waals surface area contributed by atoms with E-state index in [-0.39, 0.29) is 22.5 Å². The monoisotopic (exact) mass is 452 g/mol. The smallest absolute Gasteiger partial charge is 0.410 e. The Morgan fingerprint density at radius 2 is 2.04 bits per heavy atom. The fourth-order valence-corrected chi connectivity index (χ4v) is 3.36. The number of ether oxygens (including phenoxy) is 1. The van der Waals surface area contributed by atoms with Gasteiger partial charge < -0.3 is 19.5 Å². The lowest BCUT2D eigenvalue weighted by Gasteiger charge is -2.29. The number of anilines is 1. The fourth-order valence-electron chi connectivity index (χ4n) is 2.99. The number of amides is 2. The summed E-state index contributed by atoms with van der Waals surface area (Å²) in [7, 11) is 1.74. The molecule has 0 fully saturated rings. The van der Waals surface area contributed by atoms with Gasteiger partial charge in [-0.1, -0.05) is 6.07 Å². The van der Waals surface area contributed by atoms with Crippen molar-refractivity contribution in [3.05, 3.63) is 45.7 Å². The second-order valence-corrected chi connectivity index (χ2v) is 8.45. The van der Waals surface area contributed by atoms with E-state index < -0.39 is 23.4 Å². The second-order valence-electron chi connectivity index (χ2n) is 7.60. The third-order valence-electron chi connectivity index (χ3n) is 4.31. The van der Waals surface area contributed by atoms with Crippen molar-refractivity contribution in [3.63, 3.8) is 0 Å². The normalized spacial score (nSPS) is 13.9. The number of hydrogen-bond acceptors (Lipinski definition) is 4. The minimum absolute atomic E-state index is 0.0655. The minimum atomic E-state index is -0.583. The molecule has 1 aliphatic rings. The zero-order chi connectivity index (χ0) is 20.6. The molecule has 0 saturated carbocycles. The minimum Gasteiger partial charge on any atom is -0.444 e. The summed E-state index contributed by atoms with van der Waals surface area (Å²) in [5.74, 6) is -0.904. The molecule has 1 aromatic carbocycles. The van der Waals surface area contributed by atoms with Crippen molar-refractivity contribution in [3.8, 4) is 0 Å². The number of rotatable bonds is 2. The van der Waals surface area contributed by atoms with Crippen LogP contribution in [0.15, 0.2) is 22.7 Å². The number of carbonyl (C=O) groups is 2. The topological polar surface area (TPSA) is 76.5 Å². The average molecular weight is 453 g/mol. The van der Waals surface area contributed by atoms with Gasteiger partial charge in [-0.2, -0.15) is 0 Å². The lowest BCUT2D eigenvalue weighted by molar-refractivity contribution is 0.0220. The van der Waals surface area contributed by atoms with Crippen molar-refractivity contribution in [2.75, 3.05) is 11.9 Å². The number of nitrogens with one attached hydrogen (secondary N) is 1. The van der Waals surface area contributed by atoms with Gasteiger partial charge in [-0.25, -0.2) is 14.2 Å². The van der Waals surface area contributed by atoms with Crippen LogP contribution in [-0.4, -0.2) is 38.6 Å². The third kappa shape index (κ3) is 4.19. The summed E-state index contributed by atoms with van der Waals surface area (Å²) in [6.45, 7) is 6.17. The standard InChI is InChI=1S/C19H22BrFN4O3/c1-19(2,3)28-18(27)25-9-8-14-13(10-25)22-16(24(14)4)17(26)23-12-7-5-6-11(20)15(12)21/h5-7H,8-10H2,1-4H3,(H,23,26). The molecule has 28 heavy (non-hydrogen) atoms. The summed E-state index contributed by atoms with van der Waals surface area (Å²) < 4.78 is 21.5. The molecule has 2 heterocycles. The van der Waals surface area contributed by atoms with E-state index in [0.717, 1.165) is 5.69 Å². The Balaban J connectivity index is 1.78. The van der Waals surface area contributed by atoms with Crippen LogP contribution in [0.3, 0.4) is 0 Å². The van der Waals surface area contributed by atoms with Gasteiger partial charge in [0.25, 0.3) is 5.91 Å². The fraction of sp³-hybridized carbons (Fsp3) is 0.421. The Hall–Kier alpha value is -2.42. The molecule has 2 amide bonds. The molecule has 1 aliphatic heterocycles. The Labute approximate surface area is 171 Å². The quantitative estimate of drug-likeness (QED) is 0.749. The highest BCUT2D eigenvalue weighted by atomic mass is 79.9. The number of nitrogens with zero attached hydrogens (tertiary/aromatic N) is 3. The predicted molar refractivity (Wildman–Crippen MR) is 106 cm³/mol. The number of hydrogen-bond donors (Lipinski definition) is 1. The lowest BCUT2D eigenvalue weighted by Crippen LogP contribution is -2.40. The SMILES string of the molecule is Cn1c(C(=O)Nc2cccc(Br)c2F)nc2c1CCN(C(=O)OC(C)(C)C)C2. The summed E-state index contributed by atoms with van der Waals surface area (Å²) in [6.07, 6.45) is 0.141. The van der Waals surface area contributed by atoms with E-state index in [1.807, 2.05) is 20.8 Å². The first kappa shape index (κ1) is 20.3. The van der Waals surface area contributed by atoms with Crippen molar-refractivity contribution in [1.29, 1.82) is 0 Å². The van der Waals surface area contributed by atoms with Crippen molar-refractivity contribution in [2.24, 2.45) is 7.05 Å². The van der Waals surface area contributed by atoms with E-state index in [0.29, 0.717) is 18.7 Å². The van der Waals surface area contributed by atoms with Crippen LogP contribution in [0.1, 0.15) is 42.8 Å². The van der Waals surface area contributed by atoms with Gasteiger partial charge in [-0.3, -0.25) is 4.79 Å². The van der Waals surface area contributed by atoms with E-state index in [1.165, 1.54) is 6.07 Å². The van der Waals surface area contributed by atoms with Crippen molar-refractivity contribution in [1.82, 2.24) is 14.5 Å². The van der Waals surface area contributed by atoms with Crippen LogP contribution in [0.5, 0.6) is 0 Å². The summed E-state index contributed by atoms with van der Waals surface area (Å²) in [6, 6.07) is 4.66. The number of halogens is 2. The lowest BCUT2D eigenvalue weighted by atomic mass is 10.1. The van der Waals surface area contributed by atoms with Crippen molar-refractivity contribution < 1.29 is 18.7 Å². The molecule has 1 N–H and O–H groups in total. The molecule has 150 valence electrons. The predicted octanol–water partition coefficient (Wildman–Crippen LogP) is 3.87. The van der Waals surface area contributed by atoms with E-state index in [9.17, 15) is 14.0 Å². The van der Waals surface area contributed by atoms with Gasteiger partial charge >= 0.3 is 6.09 Å². The van der Waals surface area contributed by atoms with Gasteiger partial charge in [0.05, 0.1) is 22.4 Å². The first-order valence-corrected chi connectivity index (χ1v) is 9.64. The molecule has 9 heteroatoms. The Morgan fingerprint density at radius 3 is 2.71 bits per heavy atom. The second kappa shape index (κ2) is 7.54. The van der Waals surface area contributed by atoms with Crippen LogP contribution in [0.2, 0.25) is 0 Å². The molecule has 0 aliphatic carbocycles. The molecule has 0 unspecified atom stereocenters. The molecule has 2 aromatic rings. The van der Waals surface area contributed by atoms with Crippen molar-refractivity contribution >= 4 is 33.6 Å². The van der Waals surface area contributed by atoms with Gasteiger partial charge in [-0.15, -0.1) is 0 Å². The molecule has 0 radical (unpaired) electrons. The number of imidazole rings is 1. The Morgan fingerprint density at radius 1 is 1.32 bits per heavy atom. The highest BCUT2D eigenvalue weighted by Gasteiger charge is 2.30. The molecular weight excluding hydrogens is 431 g/mol. The third-order valence-corrected chi connectivity index (χ3v) is 4.92. The zero-order valence-electron chi connectivity index (χ0n) is 16.2. The maximum atomic E-state index is 14.1. The molecule has 0 saturated heterocycles.